The maximum absolute atomic E-state index is 3.53. The van der Waals surface area contributed by atoms with Gasteiger partial charge in [-0.2, -0.15) is 0 Å². The number of rotatable bonds is 10. The van der Waals surface area contributed by atoms with Crippen LogP contribution in [-0.4, -0.2) is 13.1 Å². The molecule has 0 spiro atoms. The first-order valence-corrected chi connectivity index (χ1v) is 10.1. The molecule has 0 aromatic heterocycles. The Balaban J connectivity index is 0.000000250. The van der Waals surface area contributed by atoms with Gasteiger partial charge in [-0.1, -0.05) is 107 Å². The lowest BCUT2D eigenvalue weighted by Crippen LogP contribution is -2.22. The lowest BCUT2D eigenvalue weighted by molar-refractivity contribution is 0.468. The average molecular weight is 340 g/mol. The molecule has 0 saturated carbocycles. The summed E-state index contributed by atoms with van der Waals surface area (Å²) in [6, 6.07) is 20.8. The minimum absolute atomic E-state index is 0.858. The molecule has 138 valence electrons. The van der Waals surface area contributed by atoms with Crippen molar-refractivity contribution in [3.05, 3.63) is 60.7 Å². The fraction of sp³-hybridized carbons (Fsp3) is 0.500. The maximum atomic E-state index is 3.53. The molecule has 2 aromatic rings. The van der Waals surface area contributed by atoms with Crippen LogP contribution in [0.15, 0.2) is 60.7 Å². The number of hydrogen-bond acceptors (Lipinski definition) is 1. The molecule has 0 aliphatic heterocycles. The summed E-state index contributed by atoms with van der Waals surface area (Å²) in [7, 11) is 0. The van der Waals surface area contributed by atoms with Crippen molar-refractivity contribution < 1.29 is 0 Å². The van der Waals surface area contributed by atoms with Crippen LogP contribution in [0, 0.1) is 5.92 Å². The van der Waals surface area contributed by atoms with Gasteiger partial charge >= 0.3 is 0 Å². The second-order valence-corrected chi connectivity index (χ2v) is 6.89. The SMILES string of the molecule is CCCCCCNCC(C)CCC.c1ccc(-c2ccccc2)cc1. The van der Waals surface area contributed by atoms with Crippen molar-refractivity contribution in [3.63, 3.8) is 0 Å². The van der Waals surface area contributed by atoms with Gasteiger partial charge in [0, 0.05) is 0 Å². The van der Waals surface area contributed by atoms with Crippen LogP contribution in [0.3, 0.4) is 0 Å². The third kappa shape index (κ3) is 10.8. The molecule has 1 N–H and O–H groups in total. The molecule has 0 aliphatic rings. The lowest BCUT2D eigenvalue weighted by atomic mass is 10.1. The molecule has 0 fully saturated rings. The van der Waals surface area contributed by atoms with Gasteiger partial charge in [0.1, 0.15) is 0 Å². The predicted octanol–water partition coefficient (Wildman–Crippen LogP) is 6.95. The van der Waals surface area contributed by atoms with Crippen molar-refractivity contribution in [1.29, 1.82) is 0 Å². The monoisotopic (exact) mass is 339 g/mol. The van der Waals surface area contributed by atoms with Gasteiger partial charge in [0.05, 0.1) is 0 Å². The van der Waals surface area contributed by atoms with E-state index in [4.69, 9.17) is 0 Å². The largest absolute Gasteiger partial charge is 0.316 e. The molecule has 0 saturated heterocycles. The maximum Gasteiger partial charge on any atom is -0.00232 e. The van der Waals surface area contributed by atoms with E-state index in [1.165, 1.54) is 62.7 Å². The molecular weight excluding hydrogens is 302 g/mol. The van der Waals surface area contributed by atoms with E-state index in [2.05, 4.69) is 74.6 Å². The summed E-state index contributed by atoms with van der Waals surface area (Å²) in [5.74, 6) is 0.858. The number of benzene rings is 2. The molecule has 2 rings (SSSR count). The molecule has 25 heavy (non-hydrogen) atoms. The van der Waals surface area contributed by atoms with Crippen LogP contribution in [0.4, 0.5) is 0 Å². The Labute approximate surface area is 155 Å². The van der Waals surface area contributed by atoms with Crippen LogP contribution in [0.2, 0.25) is 0 Å². The smallest absolute Gasteiger partial charge is 0.00232 e. The standard InChI is InChI=1S/C12H27N.C12H10/c1-4-6-7-8-10-13-11-12(3)9-5-2;1-3-7-11(8-4-1)12-9-5-2-6-10-12/h12-13H,4-11H2,1-3H3;1-10H. The van der Waals surface area contributed by atoms with Gasteiger partial charge in [-0.3, -0.25) is 0 Å². The number of nitrogens with one attached hydrogen (secondary N) is 1. The minimum atomic E-state index is 0.858. The third-order valence-electron chi connectivity index (χ3n) is 4.36. The topological polar surface area (TPSA) is 12.0 Å². The Hall–Kier alpha value is -1.60. The van der Waals surface area contributed by atoms with Crippen molar-refractivity contribution in [1.82, 2.24) is 5.32 Å². The van der Waals surface area contributed by atoms with E-state index in [0.29, 0.717) is 0 Å². The van der Waals surface area contributed by atoms with Crippen LogP contribution in [-0.2, 0) is 0 Å². The summed E-state index contributed by atoms with van der Waals surface area (Å²) in [5.41, 5.74) is 2.55. The van der Waals surface area contributed by atoms with E-state index in [0.717, 1.165) is 5.92 Å². The van der Waals surface area contributed by atoms with Gasteiger partial charge in [0.15, 0.2) is 0 Å². The normalized spacial score (nSPS) is 11.5. The van der Waals surface area contributed by atoms with Gasteiger partial charge in [-0.05, 0) is 43.0 Å². The summed E-state index contributed by atoms with van der Waals surface area (Å²) < 4.78 is 0. The molecule has 0 heterocycles. The van der Waals surface area contributed by atoms with E-state index >= 15 is 0 Å². The number of hydrogen-bond donors (Lipinski definition) is 1. The van der Waals surface area contributed by atoms with Crippen LogP contribution < -0.4 is 5.32 Å². The molecule has 1 unspecified atom stereocenters. The second-order valence-electron chi connectivity index (χ2n) is 6.89. The molecule has 1 heteroatoms. The molecular formula is C24H37N. The van der Waals surface area contributed by atoms with Crippen LogP contribution in [0.5, 0.6) is 0 Å². The van der Waals surface area contributed by atoms with E-state index in [9.17, 15) is 0 Å². The van der Waals surface area contributed by atoms with Crippen molar-refractivity contribution in [3.8, 4) is 11.1 Å². The van der Waals surface area contributed by atoms with E-state index in [1.807, 2.05) is 12.1 Å². The molecule has 1 atom stereocenters. The Morgan fingerprint density at radius 1 is 0.720 bits per heavy atom. The summed E-state index contributed by atoms with van der Waals surface area (Å²) in [4.78, 5) is 0. The summed E-state index contributed by atoms with van der Waals surface area (Å²) in [5, 5.41) is 3.53. The van der Waals surface area contributed by atoms with E-state index in [-0.39, 0.29) is 0 Å². The van der Waals surface area contributed by atoms with Crippen LogP contribution in [0.1, 0.15) is 59.3 Å². The Morgan fingerprint density at radius 2 is 1.28 bits per heavy atom. The summed E-state index contributed by atoms with van der Waals surface area (Å²) >= 11 is 0. The highest BCUT2D eigenvalue weighted by atomic mass is 14.8. The predicted molar refractivity (Wildman–Crippen MR) is 113 cm³/mol. The molecule has 0 amide bonds. The van der Waals surface area contributed by atoms with Gasteiger partial charge in [-0.15, -0.1) is 0 Å². The van der Waals surface area contributed by atoms with Crippen LogP contribution >= 0.6 is 0 Å². The first kappa shape index (κ1) is 21.4. The zero-order valence-electron chi connectivity index (χ0n) is 16.5. The average Bonchev–Trinajstić information content (AvgIpc) is 2.67. The highest BCUT2D eigenvalue weighted by molar-refractivity contribution is 5.62. The Bertz CT molecular complexity index is 469. The fourth-order valence-corrected chi connectivity index (χ4v) is 2.88. The molecule has 1 nitrogen and oxygen atoms in total. The first-order valence-electron chi connectivity index (χ1n) is 10.1. The van der Waals surface area contributed by atoms with Gasteiger partial charge in [0.25, 0.3) is 0 Å². The highest BCUT2D eigenvalue weighted by Crippen LogP contribution is 2.17. The Morgan fingerprint density at radius 3 is 1.76 bits per heavy atom. The van der Waals surface area contributed by atoms with Gasteiger partial charge in [-0.25, -0.2) is 0 Å². The van der Waals surface area contributed by atoms with Crippen molar-refractivity contribution in [2.24, 2.45) is 5.92 Å². The first-order chi connectivity index (χ1) is 12.3. The zero-order chi connectivity index (χ0) is 18.2. The van der Waals surface area contributed by atoms with Crippen molar-refractivity contribution in [2.75, 3.05) is 13.1 Å². The van der Waals surface area contributed by atoms with Crippen LogP contribution in [0.25, 0.3) is 11.1 Å². The summed E-state index contributed by atoms with van der Waals surface area (Å²) in [6.45, 7) is 9.28. The molecule has 0 radical (unpaired) electrons. The highest BCUT2D eigenvalue weighted by Gasteiger charge is 1.98. The van der Waals surface area contributed by atoms with Gasteiger partial charge in [0.2, 0.25) is 0 Å². The minimum Gasteiger partial charge on any atom is -0.316 e. The van der Waals surface area contributed by atoms with Crippen molar-refractivity contribution in [2.45, 2.75) is 59.3 Å². The second kappa shape index (κ2) is 14.7. The van der Waals surface area contributed by atoms with E-state index in [1.54, 1.807) is 0 Å². The fourth-order valence-electron chi connectivity index (χ4n) is 2.88. The Kier molecular flexibility index (Phi) is 12.6. The van der Waals surface area contributed by atoms with Crippen molar-refractivity contribution >= 4 is 0 Å². The van der Waals surface area contributed by atoms with E-state index < -0.39 is 0 Å². The lowest BCUT2D eigenvalue weighted by Gasteiger charge is -2.10. The summed E-state index contributed by atoms with van der Waals surface area (Å²) in [6.07, 6.45) is 8.16. The van der Waals surface area contributed by atoms with Gasteiger partial charge < -0.3 is 5.32 Å². The number of unbranched alkanes of at least 4 members (excludes halogenated alkanes) is 3. The third-order valence-corrected chi connectivity index (χ3v) is 4.36. The molecule has 0 aliphatic carbocycles. The quantitative estimate of drug-likeness (QED) is 0.462. The zero-order valence-corrected chi connectivity index (χ0v) is 16.5. The molecule has 2 aromatic carbocycles. The molecule has 0 bridgehead atoms.